The summed E-state index contributed by atoms with van der Waals surface area (Å²) >= 11 is 0. The third kappa shape index (κ3) is 4.39. The zero-order valence-electron chi connectivity index (χ0n) is 16.3. The van der Waals surface area contributed by atoms with Gasteiger partial charge in [0, 0.05) is 37.5 Å². The number of aryl methyl sites for hydroxylation is 1. The second kappa shape index (κ2) is 8.34. The summed E-state index contributed by atoms with van der Waals surface area (Å²) in [6, 6.07) is 9.54. The minimum absolute atomic E-state index is 0.148. The summed E-state index contributed by atoms with van der Waals surface area (Å²) in [7, 11) is 0. The van der Waals surface area contributed by atoms with Crippen LogP contribution in [0.3, 0.4) is 0 Å². The molecule has 0 atom stereocenters. The molecule has 1 amide bonds. The van der Waals surface area contributed by atoms with Crippen LogP contribution in [0.1, 0.15) is 35.6 Å². The van der Waals surface area contributed by atoms with Crippen LogP contribution >= 0.6 is 0 Å². The minimum Gasteiger partial charge on any atom is -0.342 e. The van der Waals surface area contributed by atoms with Gasteiger partial charge in [0.1, 0.15) is 5.69 Å². The molecule has 0 radical (unpaired) electrons. The van der Waals surface area contributed by atoms with E-state index in [1.165, 1.54) is 0 Å². The van der Waals surface area contributed by atoms with E-state index in [2.05, 4.69) is 19.9 Å². The number of rotatable bonds is 4. The molecule has 1 aliphatic rings. The first-order valence-corrected chi connectivity index (χ1v) is 9.80. The van der Waals surface area contributed by atoms with Crippen LogP contribution in [-0.2, 0) is 11.2 Å². The summed E-state index contributed by atoms with van der Waals surface area (Å²) in [5.74, 6) is 0.728. The Hall–Kier alpha value is -3.35. The van der Waals surface area contributed by atoms with E-state index >= 15 is 0 Å². The van der Waals surface area contributed by atoms with Crippen LogP contribution in [0.2, 0.25) is 0 Å². The minimum atomic E-state index is -0.200. The molecule has 7 heteroatoms. The molecule has 7 nitrogen and oxygen atoms in total. The van der Waals surface area contributed by atoms with Gasteiger partial charge in [-0.3, -0.25) is 14.6 Å². The molecule has 0 spiro atoms. The van der Waals surface area contributed by atoms with Crippen molar-refractivity contribution in [3.05, 3.63) is 76.1 Å². The average molecular weight is 389 g/mol. The maximum atomic E-state index is 12.7. The third-order valence-corrected chi connectivity index (χ3v) is 5.44. The molecule has 3 heterocycles. The molecule has 1 saturated heterocycles. The number of amides is 1. The maximum Gasteiger partial charge on any atom is 0.251 e. The largest absolute Gasteiger partial charge is 0.342 e. The van der Waals surface area contributed by atoms with Crippen molar-refractivity contribution in [2.75, 3.05) is 13.1 Å². The first-order chi connectivity index (χ1) is 14.1. The van der Waals surface area contributed by atoms with Gasteiger partial charge >= 0.3 is 0 Å². The van der Waals surface area contributed by atoms with Gasteiger partial charge in [-0.25, -0.2) is 9.97 Å². The van der Waals surface area contributed by atoms with Crippen molar-refractivity contribution in [1.82, 2.24) is 24.8 Å². The fraction of sp³-hybridized carbons (Fsp3) is 0.318. The molecular formula is C22H23N5O2. The highest BCUT2D eigenvalue weighted by molar-refractivity contribution is 5.79. The van der Waals surface area contributed by atoms with Gasteiger partial charge in [-0.15, -0.1) is 0 Å². The molecule has 1 aliphatic heterocycles. The van der Waals surface area contributed by atoms with Gasteiger partial charge in [-0.05, 0) is 30.9 Å². The van der Waals surface area contributed by atoms with Crippen molar-refractivity contribution in [3.63, 3.8) is 0 Å². The number of benzene rings is 1. The topological polar surface area (TPSA) is 91.8 Å². The van der Waals surface area contributed by atoms with Crippen LogP contribution in [0.4, 0.5) is 0 Å². The van der Waals surface area contributed by atoms with E-state index < -0.39 is 0 Å². The monoisotopic (exact) mass is 389 g/mol. The molecule has 0 aliphatic carbocycles. The van der Waals surface area contributed by atoms with Crippen LogP contribution in [0.15, 0.2) is 53.7 Å². The molecular weight excluding hydrogens is 366 g/mol. The van der Waals surface area contributed by atoms with Crippen molar-refractivity contribution in [3.8, 4) is 11.5 Å². The van der Waals surface area contributed by atoms with Gasteiger partial charge in [0.25, 0.3) is 5.56 Å². The number of carbonyl (C=O) groups excluding carboxylic acids is 1. The second-order valence-electron chi connectivity index (χ2n) is 7.37. The number of carbonyl (C=O) groups is 1. The number of hydrogen-bond acceptors (Lipinski definition) is 5. The predicted molar refractivity (Wildman–Crippen MR) is 109 cm³/mol. The van der Waals surface area contributed by atoms with Crippen LogP contribution in [-0.4, -0.2) is 43.8 Å². The van der Waals surface area contributed by atoms with E-state index in [1.807, 2.05) is 36.1 Å². The number of nitrogens with zero attached hydrogens (tertiary/aromatic N) is 4. The Morgan fingerprint density at radius 3 is 2.72 bits per heavy atom. The number of piperidine rings is 1. The van der Waals surface area contributed by atoms with Crippen molar-refractivity contribution < 1.29 is 4.79 Å². The van der Waals surface area contributed by atoms with Gasteiger partial charge in [0.2, 0.25) is 5.91 Å². The quantitative estimate of drug-likeness (QED) is 0.740. The van der Waals surface area contributed by atoms with Crippen molar-refractivity contribution in [2.24, 2.45) is 0 Å². The smallest absolute Gasteiger partial charge is 0.251 e. The van der Waals surface area contributed by atoms with Crippen molar-refractivity contribution in [1.29, 1.82) is 0 Å². The van der Waals surface area contributed by atoms with Gasteiger partial charge in [-0.2, -0.15) is 0 Å². The number of aromatic amines is 1. The molecule has 29 heavy (non-hydrogen) atoms. The molecule has 3 aromatic rings. The zero-order valence-corrected chi connectivity index (χ0v) is 16.3. The molecule has 2 aromatic heterocycles. The molecule has 0 unspecified atom stereocenters. The Balaban J connectivity index is 1.43. The van der Waals surface area contributed by atoms with Gasteiger partial charge < -0.3 is 9.88 Å². The van der Waals surface area contributed by atoms with E-state index in [0.717, 1.165) is 29.7 Å². The van der Waals surface area contributed by atoms with Gasteiger partial charge in [-0.1, -0.05) is 24.3 Å². The van der Waals surface area contributed by atoms with Crippen LogP contribution in [0, 0.1) is 6.92 Å². The first kappa shape index (κ1) is 19.0. The molecule has 1 fully saturated rings. The van der Waals surface area contributed by atoms with E-state index in [4.69, 9.17) is 0 Å². The average Bonchev–Trinajstić information content (AvgIpc) is 2.75. The van der Waals surface area contributed by atoms with Crippen LogP contribution in [0.5, 0.6) is 0 Å². The van der Waals surface area contributed by atoms with E-state index in [-0.39, 0.29) is 17.4 Å². The zero-order chi connectivity index (χ0) is 20.2. The predicted octanol–water partition coefficient (Wildman–Crippen LogP) is 2.48. The Morgan fingerprint density at radius 2 is 2.00 bits per heavy atom. The van der Waals surface area contributed by atoms with E-state index in [0.29, 0.717) is 31.0 Å². The molecule has 0 saturated carbocycles. The number of nitrogens with one attached hydrogen (secondary N) is 1. The van der Waals surface area contributed by atoms with Crippen molar-refractivity contribution >= 4 is 5.91 Å². The lowest BCUT2D eigenvalue weighted by Crippen LogP contribution is -2.39. The number of H-pyrrole nitrogens is 1. The highest BCUT2D eigenvalue weighted by Gasteiger charge is 2.25. The van der Waals surface area contributed by atoms with Gasteiger partial charge in [0.15, 0.2) is 5.82 Å². The van der Waals surface area contributed by atoms with Crippen LogP contribution in [0.25, 0.3) is 11.5 Å². The summed E-state index contributed by atoms with van der Waals surface area (Å²) < 4.78 is 0. The van der Waals surface area contributed by atoms with Crippen LogP contribution < -0.4 is 5.56 Å². The lowest BCUT2D eigenvalue weighted by atomic mass is 9.92. The van der Waals surface area contributed by atoms with Crippen molar-refractivity contribution in [2.45, 2.75) is 32.1 Å². The molecule has 0 bridgehead atoms. The number of aromatic nitrogens is 4. The second-order valence-corrected chi connectivity index (χ2v) is 7.37. The standard InChI is InChI=1S/C22H23N5O2/c1-15-4-2-3-5-17(15)12-21(29)27-10-6-16(7-11-27)18-13-20(28)26-22(25-18)19-14-23-8-9-24-19/h2-5,8-9,13-14,16H,6-7,10-12H2,1H3,(H,25,26,28). The molecule has 1 N–H and O–H groups in total. The Morgan fingerprint density at radius 1 is 1.21 bits per heavy atom. The highest BCUT2D eigenvalue weighted by Crippen LogP contribution is 2.27. The normalized spacial score (nSPS) is 14.7. The Labute approximate surface area is 168 Å². The first-order valence-electron chi connectivity index (χ1n) is 9.80. The summed E-state index contributed by atoms with van der Waals surface area (Å²) in [4.78, 5) is 42.3. The van der Waals surface area contributed by atoms with E-state index in [1.54, 1.807) is 24.7 Å². The number of likely N-dealkylation sites (tertiary alicyclic amines) is 1. The highest BCUT2D eigenvalue weighted by atomic mass is 16.2. The van der Waals surface area contributed by atoms with E-state index in [9.17, 15) is 9.59 Å². The summed E-state index contributed by atoms with van der Waals surface area (Å²) in [5, 5.41) is 0. The summed E-state index contributed by atoms with van der Waals surface area (Å²) in [5.41, 5.74) is 3.30. The molecule has 1 aromatic carbocycles. The Bertz CT molecular complexity index is 1060. The van der Waals surface area contributed by atoms with Gasteiger partial charge in [0.05, 0.1) is 18.3 Å². The number of hydrogen-bond donors (Lipinski definition) is 1. The maximum absolute atomic E-state index is 12.7. The summed E-state index contributed by atoms with van der Waals surface area (Å²) in [6.45, 7) is 3.37. The SMILES string of the molecule is Cc1ccccc1CC(=O)N1CCC(c2cc(=O)[nH]c(-c3cnccn3)n2)CC1. The molecule has 148 valence electrons. The third-order valence-electron chi connectivity index (χ3n) is 5.44. The summed E-state index contributed by atoms with van der Waals surface area (Å²) in [6.07, 6.45) is 6.73. The fourth-order valence-electron chi connectivity index (χ4n) is 3.74. The Kier molecular flexibility index (Phi) is 5.46. The fourth-order valence-corrected chi connectivity index (χ4v) is 3.74. The molecule has 4 rings (SSSR count). The lowest BCUT2D eigenvalue weighted by molar-refractivity contribution is -0.131. The lowest BCUT2D eigenvalue weighted by Gasteiger charge is -2.32.